The van der Waals surface area contributed by atoms with E-state index in [2.05, 4.69) is 4.74 Å². The second kappa shape index (κ2) is 5.98. The number of esters is 1. The van der Waals surface area contributed by atoms with Crippen LogP contribution in [0.15, 0.2) is 18.2 Å². The summed E-state index contributed by atoms with van der Waals surface area (Å²) in [5, 5.41) is 0. The van der Waals surface area contributed by atoms with Crippen molar-refractivity contribution in [3.05, 3.63) is 29.6 Å². The second-order valence-corrected chi connectivity index (χ2v) is 3.30. The molecule has 0 aliphatic carbocycles. The number of ether oxygens (including phenoxy) is 2. The summed E-state index contributed by atoms with van der Waals surface area (Å²) in [6.45, 7) is 2.90. The number of hydrogen-bond donors (Lipinski definition) is 0. The van der Waals surface area contributed by atoms with E-state index in [-0.39, 0.29) is 30.3 Å². The minimum absolute atomic E-state index is 0.0805. The van der Waals surface area contributed by atoms with Gasteiger partial charge in [-0.2, -0.15) is 0 Å². The Morgan fingerprint density at radius 2 is 2.06 bits per heavy atom. The first-order valence-corrected chi connectivity index (χ1v) is 5.13. The lowest BCUT2D eigenvalue weighted by Crippen LogP contribution is -2.15. The normalized spacial score (nSPS) is 9.82. The summed E-state index contributed by atoms with van der Waals surface area (Å²) in [4.78, 5) is 22.0. The molecule has 0 radical (unpaired) electrons. The average molecular weight is 240 g/mol. The predicted octanol–water partition coefficient (Wildman–Crippen LogP) is 1.97. The SMILES string of the molecule is CCOC(=O)COc1ccc(C(C)=O)cc1F. The van der Waals surface area contributed by atoms with E-state index in [9.17, 15) is 14.0 Å². The minimum Gasteiger partial charge on any atom is -0.479 e. The molecule has 5 heteroatoms. The van der Waals surface area contributed by atoms with Crippen molar-refractivity contribution in [1.82, 2.24) is 0 Å². The fraction of sp³-hybridized carbons (Fsp3) is 0.333. The monoisotopic (exact) mass is 240 g/mol. The van der Waals surface area contributed by atoms with Crippen molar-refractivity contribution in [3.8, 4) is 5.75 Å². The molecule has 0 aromatic heterocycles. The standard InChI is InChI=1S/C12H13FO4/c1-3-16-12(15)7-17-11-5-4-9(8(2)14)6-10(11)13/h4-6H,3,7H2,1-2H3. The molecule has 0 unspecified atom stereocenters. The Labute approximate surface area is 98.3 Å². The topological polar surface area (TPSA) is 52.6 Å². The molecular weight excluding hydrogens is 227 g/mol. The van der Waals surface area contributed by atoms with Gasteiger partial charge < -0.3 is 9.47 Å². The molecule has 0 saturated carbocycles. The second-order valence-electron chi connectivity index (χ2n) is 3.30. The fourth-order valence-corrected chi connectivity index (χ4v) is 1.18. The fourth-order valence-electron chi connectivity index (χ4n) is 1.18. The number of ketones is 1. The lowest BCUT2D eigenvalue weighted by atomic mass is 10.1. The Bertz CT molecular complexity index is 429. The van der Waals surface area contributed by atoms with Crippen LogP contribution in [0.25, 0.3) is 0 Å². The molecule has 17 heavy (non-hydrogen) atoms. The summed E-state index contributed by atoms with van der Waals surface area (Å²) < 4.78 is 23.0. The molecule has 0 heterocycles. The molecule has 0 amide bonds. The summed E-state index contributed by atoms with van der Waals surface area (Å²) in [7, 11) is 0. The van der Waals surface area contributed by atoms with Gasteiger partial charge in [0.2, 0.25) is 0 Å². The number of carbonyl (C=O) groups is 2. The zero-order valence-corrected chi connectivity index (χ0v) is 9.66. The Balaban J connectivity index is 2.66. The summed E-state index contributed by atoms with van der Waals surface area (Å²) in [6, 6.07) is 3.82. The van der Waals surface area contributed by atoms with Gasteiger partial charge in [0, 0.05) is 5.56 Å². The molecular formula is C12H13FO4. The average Bonchev–Trinajstić information content (AvgIpc) is 2.27. The van der Waals surface area contributed by atoms with Crippen LogP contribution < -0.4 is 4.74 Å². The molecule has 0 fully saturated rings. The van der Waals surface area contributed by atoms with E-state index in [0.29, 0.717) is 0 Å². The quantitative estimate of drug-likeness (QED) is 0.583. The van der Waals surface area contributed by atoms with E-state index >= 15 is 0 Å². The van der Waals surface area contributed by atoms with Gasteiger partial charge in [-0.15, -0.1) is 0 Å². The molecule has 0 aliphatic rings. The third kappa shape index (κ3) is 3.86. The Kier molecular flexibility index (Phi) is 4.63. The van der Waals surface area contributed by atoms with E-state index in [1.165, 1.54) is 19.1 Å². The predicted molar refractivity (Wildman–Crippen MR) is 58.5 cm³/mol. The van der Waals surface area contributed by atoms with Crippen LogP contribution in [0.3, 0.4) is 0 Å². The van der Waals surface area contributed by atoms with E-state index in [1.54, 1.807) is 6.92 Å². The molecule has 0 bridgehead atoms. The van der Waals surface area contributed by atoms with Gasteiger partial charge in [0.15, 0.2) is 24.0 Å². The third-order valence-electron chi connectivity index (χ3n) is 1.99. The Morgan fingerprint density at radius 3 is 2.59 bits per heavy atom. The lowest BCUT2D eigenvalue weighted by molar-refractivity contribution is -0.145. The number of hydrogen-bond acceptors (Lipinski definition) is 4. The zero-order valence-electron chi connectivity index (χ0n) is 9.66. The smallest absolute Gasteiger partial charge is 0.344 e. The third-order valence-corrected chi connectivity index (χ3v) is 1.99. The van der Waals surface area contributed by atoms with Gasteiger partial charge in [-0.1, -0.05) is 0 Å². The minimum atomic E-state index is -0.679. The molecule has 0 atom stereocenters. The molecule has 0 spiro atoms. The maximum absolute atomic E-state index is 13.4. The van der Waals surface area contributed by atoms with Crippen molar-refractivity contribution in [3.63, 3.8) is 0 Å². The summed E-state index contributed by atoms with van der Waals surface area (Å²) in [6.07, 6.45) is 0. The van der Waals surface area contributed by atoms with Gasteiger partial charge in [-0.05, 0) is 32.0 Å². The van der Waals surface area contributed by atoms with Crippen molar-refractivity contribution in [2.45, 2.75) is 13.8 Å². The lowest BCUT2D eigenvalue weighted by Gasteiger charge is -2.07. The van der Waals surface area contributed by atoms with Crippen LogP contribution >= 0.6 is 0 Å². The highest BCUT2D eigenvalue weighted by atomic mass is 19.1. The van der Waals surface area contributed by atoms with Crippen molar-refractivity contribution >= 4 is 11.8 Å². The van der Waals surface area contributed by atoms with Crippen LogP contribution in [-0.2, 0) is 9.53 Å². The molecule has 0 N–H and O–H groups in total. The largest absolute Gasteiger partial charge is 0.479 e. The van der Waals surface area contributed by atoms with Gasteiger partial charge >= 0.3 is 5.97 Å². The first-order valence-electron chi connectivity index (χ1n) is 5.13. The van der Waals surface area contributed by atoms with Crippen molar-refractivity contribution in [1.29, 1.82) is 0 Å². The van der Waals surface area contributed by atoms with Gasteiger partial charge in [-0.25, -0.2) is 9.18 Å². The van der Waals surface area contributed by atoms with E-state index in [0.717, 1.165) is 6.07 Å². The molecule has 1 rings (SSSR count). The van der Waals surface area contributed by atoms with Gasteiger partial charge in [0.25, 0.3) is 0 Å². The maximum atomic E-state index is 13.4. The van der Waals surface area contributed by atoms with Crippen molar-refractivity contribution in [2.24, 2.45) is 0 Å². The molecule has 92 valence electrons. The van der Waals surface area contributed by atoms with Crippen LogP contribution in [0.5, 0.6) is 5.75 Å². The summed E-state index contributed by atoms with van der Waals surface area (Å²) >= 11 is 0. The Morgan fingerprint density at radius 1 is 1.35 bits per heavy atom. The number of Topliss-reactive ketones (excluding diaryl/α,β-unsaturated/α-hetero) is 1. The summed E-state index contributed by atoms with van der Waals surface area (Å²) in [5.41, 5.74) is 0.256. The van der Waals surface area contributed by atoms with Crippen molar-refractivity contribution < 1.29 is 23.5 Å². The number of halogens is 1. The van der Waals surface area contributed by atoms with E-state index < -0.39 is 11.8 Å². The summed E-state index contributed by atoms with van der Waals surface area (Å²) in [5.74, 6) is -1.56. The molecule has 0 aliphatic heterocycles. The molecule has 4 nitrogen and oxygen atoms in total. The highest BCUT2D eigenvalue weighted by Gasteiger charge is 2.09. The Hall–Kier alpha value is -1.91. The molecule has 1 aromatic carbocycles. The highest BCUT2D eigenvalue weighted by molar-refractivity contribution is 5.94. The van der Waals surface area contributed by atoms with E-state index in [4.69, 9.17) is 4.74 Å². The highest BCUT2D eigenvalue weighted by Crippen LogP contribution is 2.18. The van der Waals surface area contributed by atoms with Crippen LogP contribution in [-0.4, -0.2) is 25.0 Å². The van der Waals surface area contributed by atoms with Crippen LogP contribution in [0.2, 0.25) is 0 Å². The first kappa shape index (κ1) is 13.2. The molecule has 0 saturated heterocycles. The van der Waals surface area contributed by atoms with E-state index in [1.807, 2.05) is 0 Å². The van der Waals surface area contributed by atoms with Crippen LogP contribution in [0.1, 0.15) is 24.2 Å². The number of carbonyl (C=O) groups excluding carboxylic acids is 2. The van der Waals surface area contributed by atoms with Crippen LogP contribution in [0, 0.1) is 5.82 Å². The number of rotatable bonds is 5. The zero-order chi connectivity index (χ0) is 12.8. The maximum Gasteiger partial charge on any atom is 0.344 e. The molecule has 1 aromatic rings. The first-order chi connectivity index (χ1) is 8.04. The van der Waals surface area contributed by atoms with Gasteiger partial charge in [-0.3, -0.25) is 4.79 Å². The van der Waals surface area contributed by atoms with Gasteiger partial charge in [0.1, 0.15) is 0 Å². The van der Waals surface area contributed by atoms with Gasteiger partial charge in [0.05, 0.1) is 6.61 Å². The van der Waals surface area contributed by atoms with Crippen molar-refractivity contribution in [2.75, 3.05) is 13.2 Å². The number of benzene rings is 1. The van der Waals surface area contributed by atoms with Crippen LogP contribution in [0.4, 0.5) is 4.39 Å².